The Labute approximate surface area is 93.8 Å². The van der Waals surface area contributed by atoms with Gasteiger partial charge in [0.15, 0.2) is 0 Å². The second-order valence-electron chi connectivity index (χ2n) is 4.95. The highest BCUT2D eigenvalue weighted by atomic mass is 16.3. The minimum absolute atomic E-state index is 0.262. The summed E-state index contributed by atoms with van der Waals surface area (Å²) in [6.07, 6.45) is 8.06. The maximum atomic E-state index is 9.98. The highest BCUT2D eigenvalue weighted by Crippen LogP contribution is 2.19. The average Bonchev–Trinajstić information content (AvgIpc) is 2.44. The van der Waals surface area contributed by atoms with Gasteiger partial charge in [-0.25, -0.2) is 0 Å². The smallest absolute Gasteiger partial charge is 0.0874 e. The number of allylic oxidation sites excluding steroid dienone is 1. The molecular weight excluding hydrogens is 186 g/mol. The predicted molar refractivity (Wildman–Crippen MR) is 64.9 cm³/mol. The van der Waals surface area contributed by atoms with E-state index in [0.717, 1.165) is 19.4 Å². The Hall–Kier alpha value is -0.340. The lowest BCUT2D eigenvalue weighted by Gasteiger charge is -2.16. The summed E-state index contributed by atoms with van der Waals surface area (Å²) in [7, 11) is 0. The van der Waals surface area contributed by atoms with Gasteiger partial charge in [0.1, 0.15) is 0 Å². The summed E-state index contributed by atoms with van der Waals surface area (Å²) >= 11 is 0. The first-order chi connectivity index (χ1) is 7.20. The number of hydrogen-bond acceptors (Lipinski definition) is 2. The quantitative estimate of drug-likeness (QED) is 0.685. The molecule has 0 aliphatic heterocycles. The van der Waals surface area contributed by atoms with Crippen molar-refractivity contribution in [3.63, 3.8) is 0 Å². The lowest BCUT2D eigenvalue weighted by atomic mass is 10.0. The molecule has 0 aromatic carbocycles. The number of hydrogen-bond donors (Lipinski definition) is 2. The van der Waals surface area contributed by atoms with E-state index in [-0.39, 0.29) is 6.10 Å². The predicted octanol–water partition coefficient (Wildman–Crippen LogP) is 2.48. The van der Waals surface area contributed by atoms with Crippen LogP contribution in [-0.2, 0) is 0 Å². The minimum Gasteiger partial charge on any atom is -0.387 e. The SMILES string of the molecule is CC(C)CNCC(O)C1=CCCCCC1. The molecule has 0 spiro atoms. The molecule has 1 aliphatic carbocycles. The summed E-state index contributed by atoms with van der Waals surface area (Å²) in [5.41, 5.74) is 1.25. The molecule has 1 rings (SSSR count). The summed E-state index contributed by atoms with van der Waals surface area (Å²) in [6, 6.07) is 0. The maximum Gasteiger partial charge on any atom is 0.0874 e. The Morgan fingerprint density at radius 3 is 2.80 bits per heavy atom. The molecule has 0 amide bonds. The van der Waals surface area contributed by atoms with Crippen LogP contribution in [0.2, 0.25) is 0 Å². The van der Waals surface area contributed by atoms with Crippen molar-refractivity contribution in [1.29, 1.82) is 0 Å². The van der Waals surface area contributed by atoms with Gasteiger partial charge in [0, 0.05) is 6.54 Å². The topological polar surface area (TPSA) is 32.3 Å². The molecule has 1 unspecified atom stereocenters. The summed E-state index contributed by atoms with van der Waals surface area (Å²) < 4.78 is 0. The van der Waals surface area contributed by atoms with Crippen LogP contribution in [-0.4, -0.2) is 24.3 Å². The minimum atomic E-state index is -0.262. The van der Waals surface area contributed by atoms with E-state index in [0.29, 0.717) is 12.5 Å². The normalized spacial score (nSPS) is 19.9. The van der Waals surface area contributed by atoms with Crippen molar-refractivity contribution in [3.8, 4) is 0 Å². The Morgan fingerprint density at radius 1 is 1.27 bits per heavy atom. The molecule has 1 atom stereocenters. The van der Waals surface area contributed by atoms with Crippen LogP contribution < -0.4 is 5.32 Å². The fourth-order valence-corrected chi connectivity index (χ4v) is 1.98. The standard InChI is InChI=1S/C13H25NO/c1-11(2)9-14-10-13(15)12-7-5-3-4-6-8-12/h7,11,13-15H,3-6,8-10H2,1-2H3. The molecular formula is C13H25NO. The van der Waals surface area contributed by atoms with E-state index in [1.807, 2.05) is 0 Å². The zero-order valence-electron chi connectivity index (χ0n) is 10.1. The summed E-state index contributed by atoms with van der Waals surface area (Å²) in [5, 5.41) is 13.3. The van der Waals surface area contributed by atoms with Gasteiger partial charge in [-0.2, -0.15) is 0 Å². The lowest BCUT2D eigenvalue weighted by Crippen LogP contribution is -2.30. The van der Waals surface area contributed by atoms with Gasteiger partial charge in [-0.1, -0.05) is 26.3 Å². The highest BCUT2D eigenvalue weighted by Gasteiger charge is 2.11. The van der Waals surface area contributed by atoms with Gasteiger partial charge in [-0.15, -0.1) is 0 Å². The first kappa shape index (κ1) is 12.7. The Bertz CT molecular complexity index is 199. The zero-order chi connectivity index (χ0) is 11.1. The third-order valence-corrected chi connectivity index (χ3v) is 2.89. The van der Waals surface area contributed by atoms with Gasteiger partial charge in [-0.3, -0.25) is 0 Å². The molecule has 0 aromatic rings. The van der Waals surface area contributed by atoms with E-state index in [1.54, 1.807) is 0 Å². The van der Waals surface area contributed by atoms with Crippen LogP contribution >= 0.6 is 0 Å². The van der Waals surface area contributed by atoms with Crippen molar-refractivity contribution in [3.05, 3.63) is 11.6 Å². The van der Waals surface area contributed by atoms with E-state index < -0.39 is 0 Å². The second kappa shape index (κ2) is 7.02. The first-order valence-corrected chi connectivity index (χ1v) is 6.28. The molecule has 2 N–H and O–H groups in total. The van der Waals surface area contributed by atoms with E-state index >= 15 is 0 Å². The van der Waals surface area contributed by atoms with Crippen molar-refractivity contribution < 1.29 is 5.11 Å². The van der Waals surface area contributed by atoms with Gasteiger partial charge in [0.25, 0.3) is 0 Å². The molecule has 2 heteroatoms. The molecule has 0 saturated carbocycles. The van der Waals surface area contributed by atoms with Crippen molar-refractivity contribution >= 4 is 0 Å². The van der Waals surface area contributed by atoms with Crippen LogP contribution in [0.15, 0.2) is 11.6 Å². The van der Waals surface area contributed by atoms with Crippen LogP contribution in [0.5, 0.6) is 0 Å². The van der Waals surface area contributed by atoms with Gasteiger partial charge < -0.3 is 10.4 Å². The third-order valence-electron chi connectivity index (χ3n) is 2.89. The van der Waals surface area contributed by atoms with Crippen molar-refractivity contribution in [2.24, 2.45) is 5.92 Å². The third kappa shape index (κ3) is 5.33. The fraction of sp³-hybridized carbons (Fsp3) is 0.846. The molecule has 0 saturated heterocycles. The van der Waals surface area contributed by atoms with E-state index in [2.05, 4.69) is 25.2 Å². The summed E-state index contributed by atoms with van der Waals surface area (Å²) in [6.45, 7) is 6.07. The van der Waals surface area contributed by atoms with Crippen LogP contribution in [0.3, 0.4) is 0 Å². The monoisotopic (exact) mass is 211 g/mol. The Kier molecular flexibility index (Phi) is 5.96. The van der Waals surface area contributed by atoms with Gasteiger partial charge in [-0.05, 0) is 43.7 Å². The van der Waals surface area contributed by atoms with Crippen LogP contribution in [0.1, 0.15) is 46.0 Å². The molecule has 1 aliphatic rings. The van der Waals surface area contributed by atoms with Crippen LogP contribution in [0.4, 0.5) is 0 Å². The maximum absolute atomic E-state index is 9.98. The molecule has 88 valence electrons. The molecule has 0 bridgehead atoms. The number of nitrogens with one attached hydrogen (secondary N) is 1. The average molecular weight is 211 g/mol. The molecule has 15 heavy (non-hydrogen) atoms. The molecule has 0 aromatic heterocycles. The Morgan fingerprint density at radius 2 is 2.07 bits per heavy atom. The van der Waals surface area contributed by atoms with E-state index in [9.17, 15) is 5.11 Å². The van der Waals surface area contributed by atoms with Gasteiger partial charge >= 0.3 is 0 Å². The first-order valence-electron chi connectivity index (χ1n) is 6.28. The van der Waals surface area contributed by atoms with E-state index in [4.69, 9.17) is 0 Å². The van der Waals surface area contributed by atoms with Crippen molar-refractivity contribution in [1.82, 2.24) is 5.32 Å². The highest BCUT2D eigenvalue weighted by molar-refractivity contribution is 5.09. The molecule has 0 heterocycles. The van der Waals surface area contributed by atoms with Crippen molar-refractivity contribution in [2.75, 3.05) is 13.1 Å². The van der Waals surface area contributed by atoms with Crippen LogP contribution in [0.25, 0.3) is 0 Å². The Balaban J connectivity index is 2.25. The molecule has 0 fully saturated rings. The summed E-state index contributed by atoms with van der Waals surface area (Å²) in [5.74, 6) is 0.653. The largest absolute Gasteiger partial charge is 0.387 e. The zero-order valence-corrected chi connectivity index (χ0v) is 10.1. The van der Waals surface area contributed by atoms with E-state index in [1.165, 1.54) is 24.8 Å². The van der Waals surface area contributed by atoms with Gasteiger partial charge in [0.05, 0.1) is 6.10 Å². The fourth-order valence-electron chi connectivity index (χ4n) is 1.98. The second-order valence-corrected chi connectivity index (χ2v) is 4.95. The molecule has 2 nitrogen and oxygen atoms in total. The number of rotatable bonds is 5. The number of aliphatic hydroxyl groups excluding tert-OH is 1. The molecule has 0 radical (unpaired) electrons. The van der Waals surface area contributed by atoms with Crippen molar-refractivity contribution in [2.45, 2.75) is 52.1 Å². The number of aliphatic hydroxyl groups is 1. The summed E-state index contributed by atoms with van der Waals surface area (Å²) in [4.78, 5) is 0. The van der Waals surface area contributed by atoms with Gasteiger partial charge in [0.2, 0.25) is 0 Å². The lowest BCUT2D eigenvalue weighted by molar-refractivity contribution is 0.200. The van der Waals surface area contributed by atoms with Crippen LogP contribution in [0, 0.1) is 5.92 Å².